The second-order valence-electron chi connectivity index (χ2n) is 3.36. The van der Waals surface area contributed by atoms with Crippen LogP contribution in [-0.4, -0.2) is 72.2 Å². The normalized spacial score (nSPS) is 11.5. The van der Waals surface area contributed by atoms with Crippen LogP contribution in [0.3, 0.4) is 0 Å². The molecule has 0 aliphatic heterocycles. The van der Waals surface area contributed by atoms with Gasteiger partial charge in [-0.3, -0.25) is 0 Å². The van der Waals surface area contributed by atoms with Gasteiger partial charge in [0.1, 0.15) is 0 Å². The zero-order valence-corrected chi connectivity index (χ0v) is 11.1. The van der Waals surface area contributed by atoms with Gasteiger partial charge in [0.25, 0.3) is 0 Å². The Morgan fingerprint density at radius 1 is 0.818 bits per heavy atom. The molecule has 0 amide bonds. The number of hydrogen-bond acceptors (Lipinski definition) is 2. The van der Waals surface area contributed by atoms with E-state index in [9.17, 15) is 0 Å². The van der Waals surface area contributed by atoms with Crippen molar-refractivity contribution in [1.29, 1.82) is 0 Å². The van der Waals surface area contributed by atoms with Gasteiger partial charge >= 0.3 is 81.1 Å². The van der Waals surface area contributed by atoms with Gasteiger partial charge in [-0.15, -0.1) is 0 Å². The summed E-state index contributed by atoms with van der Waals surface area (Å²) in [6.45, 7) is 2.61. The molecule has 0 aliphatic rings. The van der Waals surface area contributed by atoms with Gasteiger partial charge in [-0.2, -0.15) is 0 Å². The van der Waals surface area contributed by atoms with E-state index in [1.54, 1.807) is 0 Å². The van der Waals surface area contributed by atoms with Crippen molar-refractivity contribution in [2.45, 2.75) is 8.87 Å². The molecule has 0 aromatic rings. The topological polar surface area (TPSA) is 6.48 Å². The first-order chi connectivity index (χ1) is 5.13. The summed E-state index contributed by atoms with van der Waals surface area (Å²) in [6, 6.07) is 0. The predicted octanol–water partition coefficient (Wildman–Crippen LogP) is 0.650. The van der Waals surface area contributed by atoms with E-state index in [1.165, 1.54) is 22.0 Å². The number of hydrogen-bond donors (Lipinski definition) is 0. The number of nitrogens with zero attached hydrogens (tertiary/aromatic N) is 2. The van der Waals surface area contributed by atoms with Gasteiger partial charge in [-0.25, -0.2) is 0 Å². The summed E-state index contributed by atoms with van der Waals surface area (Å²) < 4.78 is 3.01. The van der Waals surface area contributed by atoms with E-state index in [0.29, 0.717) is 0 Å². The summed E-state index contributed by atoms with van der Waals surface area (Å²) in [5, 5.41) is 0. The molecule has 0 aromatic carbocycles. The van der Waals surface area contributed by atoms with E-state index >= 15 is 0 Å². The first-order valence-electron chi connectivity index (χ1n) is 4.13. The van der Waals surface area contributed by atoms with Crippen molar-refractivity contribution in [1.82, 2.24) is 9.80 Å². The molecule has 0 saturated carbocycles. The molecule has 11 heavy (non-hydrogen) atoms. The predicted molar refractivity (Wildman–Crippen MR) is 52.5 cm³/mol. The van der Waals surface area contributed by atoms with E-state index in [1.807, 2.05) is 0 Å². The molecule has 3 heteroatoms. The fourth-order valence-electron chi connectivity index (χ4n) is 0.730. The van der Waals surface area contributed by atoms with Crippen molar-refractivity contribution in [3.05, 3.63) is 0 Å². The summed E-state index contributed by atoms with van der Waals surface area (Å²) in [6.07, 6.45) is 0. The Bertz CT molecular complexity index is 74.2. The van der Waals surface area contributed by atoms with Gasteiger partial charge in [-0.05, 0) is 0 Å². The van der Waals surface area contributed by atoms with Crippen molar-refractivity contribution in [3.63, 3.8) is 0 Å². The quantitative estimate of drug-likeness (QED) is 0.513. The van der Waals surface area contributed by atoms with Crippen LogP contribution in [0.15, 0.2) is 0 Å². The molecule has 0 bridgehead atoms. The van der Waals surface area contributed by atoms with Gasteiger partial charge in [0.15, 0.2) is 0 Å². The molecule has 0 aromatic heterocycles. The maximum absolute atomic E-state index is 2.29. The summed E-state index contributed by atoms with van der Waals surface area (Å²) in [5.41, 5.74) is 0. The zero-order valence-electron chi connectivity index (χ0n) is 8.22. The molecule has 0 rings (SSSR count). The molecule has 0 heterocycles. The van der Waals surface area contributed by atoms with E-state index in [0.717, 1.165) is 0 Å². The van der Waals surface area contributed by atoms with Gasteiger partial charge < -0.3 is 0 Å². The van der Waals surface area contributed by atoms with Crippen LogP contribution in [0.25, 0.3) is 0 Å². The van der Waals surface area contributed by atoms with Crippen LogP contribution in [-0.2, 0) is 0 Å². The fourth-order valence-corrected chi connectivity index (χ4v) is 4.90. The third kappa shape index (κ3) is 10.7. The third-order valence-electron chi connectivity index (χ3n) is 1.47. The summed E-state index contributed by atoms with van der Waals surface area (Å²) in [7, 11) is 8.63. The molecule has 0 saturated heterocycles. The van der Waals surface area contributed by atoms with Crippen molar-refractivity contribution in [2.75, 3.05) is 41.3 Å². The Kier molecular flexibility index (Phi) is 7.85. The third-order valence-corrected chi connectivity index (χ3v) is 4.77. The van der Waals surface area contributed by atoms with Crippen LogP contribution in [0, 0.1) is 0 Å². The van der Waals surface area contributed by atoms with E-state index in [-0.39, 0.29) is 21.1 Å². The average molecular weight is 263 g/mol. The summed E-state index contributed by atoms with van der Waals surface area (Å²) in [5.74, 6) is 0. The van der Waals surface area contributed by atoms with Crippen molar-refractivity contribution < 1.29 is 0 Å². The summed E-state index contributed by atoms with van der Waals surface area (Å²) >= 11 is -0.00741. The molecule has 0 aliphatic carbocycles. The van der Waals surface area contributed by atoms with Crippen molar-refractivity contribution in [2.24, 2.45) is 0 Å². The monoisotopic (exact) mass is 264 g/mol. The fraction of sp³-hybridized carbons (Fsp3) is 1.00. The van der Waals surface area contributed by atoms with Gasteiger partial charge in [-0.1, -0.05) is 0 Å². The molecule has 0 N–H and O–H groups in total. The van der Waals surface area contributed by atoms with Gasteiger partial charge in [0.05, 0.1) is 0 Å². The molecule has 2 radical (unpaired) electrons. The van der Waals surface area contributed by atoms with Gasteiger partial charge in [0, 0.05) is 0 Å². The first-order valence-corrected chi connectivity index (χ1v) is 8.16. The Hall–Kier alpha value is 0.719. The molecular formula is C8H20N2Sn. The average Bonchev–Trinajstić information content (AvgIpc) is 1.85. The minimum atomic E-state index is -0.00741. The van der Waals surface area contributed by atoms with Gasteiger partial charge in [0.2, 0.25) is 0 Å². The Labute approximate surface area is 81.2 Å². The second-order valence-corrected chi connectivity index (χ2v) is 7.64. The van der Waals surface area contributed by atoms with Crippen LogP contribution >= 0.6 is 0 Å². The van der Waals surface area contributed by atoms with Crippen LogP contribution in [0.4, 0.5) is 0 Å². The molecular weight excluding hydrogens is 243 g/mol. The Morgan fingerprint density at radius 3 is 1.45 bits per heavy atom. The van der Waals surface area contributed by atoms with Crippen LogP contribution in [0.2, 0.25) is 8.87 Å². The SMILES string of the molecule is CN(C)C[CH2][Sn][CH2]CN(C)C. The minimum absolute atomic E-state index is 0.00741. The van der Waals surface area contributed by atoms with Crippen molar-refractivity contribution in [3.8, 4) is 0 Å². The molecule has 0 atom stereocenters. The molecule has 66 valence electrons. The van der Waals surface area contributed by atoms with Crippen molar-refractivity contribution >= 4 is 21.1 Å². The molecule has 0 fully saturated rings. The molecule has 2 nitrogen and oxygen atoms in total. The van der Waals surface area contributed by atoms with Crippen LogP contribution in [0.5, 0.6) is 0 Å². The standard InChI is InChI=1S/2C4H10N.Sn/c2*1-4-5(2)3;/h2*1,4H2,2-3H3;. The second kappa shape index (κ2) is 7.37. The Morgan fingerprint density at radius 2 is 1.18 bits per heavy atom. The van der Waals surface area contributed by atoms with Crippen LogP contribution in [0.1, 0.15) is 0 Å². The van der Waals surface area contributed by atoms with E-state index < -0.39 is 0 Å². The van der Waals surface area contributed by atoms with Crippen LogP contribution < -0.4 is 0 Å². The zero-order chi connectivity index (χ0) is 8.69. The van der Waals surface area contributed by atoms with E-state index in [2.05, 4.69) is 38.0 Å². The molecule has 0 unspecified atom stereocenters. The summed E-state index contributed by atoms with van der Waals surface area (Å²) in [4.78, 5) is 4.58. The molecule has 0 spiro atoms. The Balaban J connectivity index is 2.91. The van der Waals surface area contributed by atoms with E-state index in [4.69, 9.17) is 0 Å². The number of rotatable bonds is 6. The maximum atomic E-state index is 2.29. The first kappa shape index (κ1) is 11.7.